The van der Waals surface area contributed by atoms with Crippen molar-refractivity contribution in [1.82, 2.24) is 4.90 Å². The maximum absolute atomic E-state index is 12.3. The van der Waals surface area contributed by atoms with E-state index in [1.807, 2.05) is 6.07 Å². The predicted octanol–water partition coefficient (Wildman–Crippen LogP) is 2.81. The number of carbonyl (C=O) groups is 1. The van der Waals surface area contributed by atoms with Crippen LogP contribution in [0.1, 0.15) is 5.56 Å². The molecule has 114 valence electrons. The fourth-order valence-electron chi connectivity index (χ4n) is 2.17. The van der Waals surface area contributed by atoms with Gasteiger partial charge in [-0.1, -0.05) is 30.1 Å². The van der Waals surface area contributed by atoms with Gasteiger partial charge in [-0.15, -0.1) is 6.58 Å². The van der Waals surface area contributed by atoms with E-state index in [1.165, 1.54) is 16.7 Å². The minimum Gasteiger partial charge on any atom is -0.493 e. The summed E-state index contributed by atoms with van der Waals surface area (Å²) in [6, 6.07) is 3.61. The Morgan fingerprint density at radius 1 is 1.50 bits per heavy atom. The summed E-state index contributed by atoms with van der Waals surface area (Å²) >= 11 is 6.49. The number of carbonyl (C=O) groups excluding carboxylic acids is 1. The van der Waals surface area contributed by atoms with Gasteiger partial charge in [0, 0.05) is 6.54 Å². The van der Waals surface area contributed by atoms with Gasteiger partial charge in [0.2, 0.25) is 12.5 Å². The van der Waals surface area contributed by atoms with Crippen LogP contribution in [-0.2, 0) is 4.79 Å². The van der Waals surface area contributed by atoms with Crippen LogP contribution in [0.2, 0.25) is 0 Å². The first-order valence-corrected chi connectivity index (χ1v) is 7.70. The molecule has 0 aromatic heterocycles. The summed E-state index contributed by atoms with van der Waals surface area (Å²) in [5.41, 5.74) is 0.792. The van der Waals surface area contributed by atoms with Crippen LogP contribution in [0.15, 0.2) is 29.7 Å². The van der Waals surface area contributed by atoms with E-state index >= 15 is 0 Å². The second-order valence-corrected chi connectivity index (χ2v) is 6.21. The van der Waals surface area contributed by atoms with E-state index in [2.05, 4.69) is 6.58 Å². The van der Waals surface area contributed by atoms with Gasteiger partial charge < -0.3 is 14.2 Å². The molecule has 22 heavy (non-hydrogen) atoms. The second-order valence-electron chi connectivity index (χ2n) is 4.54. The largest absolute Gasteiger partial charge is 0.493 e. The van der Waals surface area contributed by atoms with Crippen molar-refractivity contribution in [3.8, 4) is 17.2 Å². The van der Waals surface area contributed by atoms with Gasteiger partial charge in [-0.2, -0.15) is 0 Å². The van der Waals surface area contributed by atoms with E-state index < -0.39 is 0 Å². The highest BCUT2D eigenvalue weighted by molar-refractivity contribution is 8.26. The first-order chi connectivity index (χ1) is 10.6. The van der Waals surface area contributed by atoms with Crippen molar-refractivity contribution in [1.29, 1.82) is 0 Å². The standard InChI is InChI=1S/C15H13NO4S2/c1-3-4-16-14(17)12(22-15(16)21)7-9-5-10(18-2)13-11(6-9)19-8-20-13/h3,5-7H,1,4,8H2,2H3/b12-7-. The van der Waals surface area contributed by atoms with E-state index in [-0.39, 0.29) is 12.7 Å². The van der Waals surface area contributed by atoms with E-state index in [0.717, 1.165) is 5.56 Å². The van der Waals surface area contributed by atoms with E-state index in [1.54, 1.807) is 25.3 Å². The number of amides is 1. The summed E-state index contributed by atoms with van der Waals surface area (Å²) in [5, 5.41) is 0. The van der Waals surface area contributed by atoms with E-state index in [0.29, 0.717) is 33.0 Å². The number of nitrogens with zero attached hydrogens (tertiary/aromatic N) is 1. The summed E-state index contributed by atoms with van der Waals surface area (Å²) in [4.78, 5) is 14.4. The number of fused-ring (bicyclic) bond motifs is 1. The monoisotopic (exact) mass is 335 g/mol. The Kier molecular flexibility index (Phi) is 4.08. The van der Waals surface area contributed by atoms with Crippen molar-refractivity contribution in [3.63, 3.8) is 0 Å². The van der Waals surface area contributed by atoms with Gasteiger partial charge in [0.05, 0.1) is 12.0 Å². The lowest BCUT2D eigenvalue weighted by molar-refractivity contribution is -0.121. The molecule has 0 N–H and O–H groups in total. The van der Waals surface area contributed by atoms with Crippen LogP contribution < -0.4 is 14.2 Å². The molecule has 1 amide bonds. The number of thiocarbonyl (C=S) groups is 1. The molecule has 0 atom stereocenters. The van der Waals surface area contributed by atoms with Crippen LogP contribution in [0.4, 0.5) is 0 Å². The number of methoxy groups -OCH3 is 1. The highest BCUT2D eigenvalue weighted by Gasteiger charge is 2.31. The molecule has 3 rings (SSSR count). The summed E-state index contributed by atoms with van der Waals surface area (Å²) in [7, 11) is 1.56. The highest BCUT2D eigenvalue weighted by Crippen LogP contribution is 2.43. The van der Waals surface area contributed by atoms with Crippen LogP contribution in [0, 0.1) is 0 Å². The van der Waals surface area contributed by atoms with Crippen LogP contribution >= 0.6 is 24.0 Å². The predicted molar refractivity (Wildman–Crippen MR) is 89.2 cm³/mol. The number of hydrogen-bond acceptors (Lipinski definition) is 6. The van der Waals surface area contributed by atoms with Crippen molar-refractivity contribution < 1.29 is 19.0 Å². The molecule has 0 radical (unpaired) electrons. The van der Waals surface area contributed by atoms with Gasteiger partial charge in [-0.3, -0.25) is 9.69 Å². The fraction of sp³-hybridized carbons (Fsp3) is 0.200. The molecule has 2 heterocycles. The molecule has 1 aromatic carbocycles. The van der Waals surface area contributed by atoms with E-state index in [4.69, 9.17) is 26.4 Å². The maximum Gasteiger partial charge on any atom is 0.266 e. The topological polar surface area (TPSA) is 48.0 Å². The minimum atomic E-state index is -0.119. The van der Waals surface area contributed by atoms with Crippen molar-refractivity contribution in [2.45, 2.75) is 0 Å². The Morgan fingerprint density at radius 2 is 2.32 bits per heavy atom. The maximum atomic E-state index is 12.3. The molecule has 0 saturated carbocycles. The number of rotatable bonds is 4. The lowest BCUT2D eigenvalue weighted by Gasteiger charge is -2.10. The molecule has 2 aliphatic heterocycles. The Balaban J connectivity index is 1.94. The van der Waals surface area contributed by atoms with Gasteiger partial charge in [0.25, 0.3) is 5.91 Å². The first kappa shape index (κ1) is 14.9. The summed E-state index contributed by atoms with van der Waals surface area (Å²) < 4.78 is 16.6. The molecule has 2 aliphatic rings. The third-order valence-corrected chi connectivity index (χ3v) is 4.54. The van der Waals surface area contributed by atoms with Gasteiger partial charge in [-0.25, -0.2) is 0 Å². The molecular formula is C15H13NO4S2. The van der Waals surface area contributed by atoms with Crippen LogP contribution in [0.3, 0.4) is 0 Å². The average molecular weight is 335 g/mol. The first-order valence-electron chi connectivity index (χ1n) is 6.48. The zero-order valence-corrected chi connectivity index (χ0v) is 13.5. The van der Waals surface area contributed by atoms with E-state index in [9.17, 15) is 4.79 Å². The third kappa shape index (κ3) is 2.57. The molecule has 1 aromatic rings. The number of hydrogen-bond donors (Lipinski definition) is 0. The molecule has 0 aliphatic carbocycles. The quantitative estimate of drug-likeness (QED) is 0.479. The van der Waals surface area contributed by atoms with Gasteiger partial charge >= 0.3 is 0 Å². The number of ether oxygens (including phenoxy) is 3. The molecule has 1 fully saturated rings. The van der Waals surface area contributed by atoms with Crippen LogP contribution in [0.25, 0.3) is 6.08 Å². The molecular weight excluding hydrogens is 322 g/mol. The zero-order chi connectivity index (χ0) is 15.7. The molecule has 5 nitrogen and oxygen atoms in total. The highest BCUT2D eigenvalue weighted by atomic mass is 32.2. The fourth-order valence-corrected chi connectivity index (χ4v) is 3.45. The van der Waals surface area contributed by atoms with Gasteiger partial charge in [0.15, 0.2) is 11.5 Å². The minimum absolute atomic E-state index is 0.119. The molecule has 0 unspecified atom stereocenters. The Morgan fingerprint density at radius 3 is 3.05 bits per heavy atom. The Labute approximate surface area is 137 Å². The average Bonchev–Trinajstić information content (AvgIpc) is 3.07. The normalized spacial score (nSPS) is 18.2. The molecule has 7 heteroatoms. The number of thioether (sulfide) groups is 1. The molecule has 0 spiro atoms. The zero-order valence-electron chi connectivity index (χ0n) is 11.8. The Bertz CT molecular complexity index is 699. The summed E-state index contributed by atoms with van der Waals surface area (Å²) in [6.45, 7) is 4.21. The summed E-state index contributed by atoms with van der Waals surface area (Å²) in [6.07, 6.45) is 3.42. The molecule has 1 saturated heterocycles. The smallest absolute Gasteiger partial charge is 0.266 e. The van der Waals surface area contributed by atoms with Crippen molar-refractivity contribution in [3.05, 3.63) is 35.3 Å². The second kappa shape index (κ2) is 6.02. The Hall–Kier alpha value is -1.99. The lowest BCUT2D eigenvalue weighted by atomic mass is 10.1. The van der Waals surface area contributed by atoms with Crippen molar-refractivity contribution in [2.75, 3.05) is 20.4 Å². The van der Waals surface area contributed by atoms with Crippen LogP contribution in [-0.4, -0.2) is 35.6 Å². The van der Waals surface area contributed by atoms with Crippen molar-refractivity contribution >= 4 is 40.3 Å². The third-order valence-electron chi connectivity index (χ3n) is 3.16. The van der Waals surface area contributed by atoms with Crippen LogP contribution in [0.5, 0.6) is 17.2 Å². The summed E-state index contributed by atoms with van der Waals surface area (Å²) in [5.74, 6) is 1.64. The SMILES string of the molecule is C=CCN1C(=O)/C(=C/c2cc(OC)c3c(c2)OCO3)SC1=S. The van der Waals surface area contributed by atoms with Crippen molar-refractivity contribution in [2.24, 2.45) is 0 Å². The van der Waals surface area contributed by atoms with Gasteiger partial charge in [0.1, 0.15) is 4.32 Å². The van der Waals surface area contributed by atoms with Gasteiger partial charge in [-0.05, 0) is 23.8 Å². The molecule has 0 bridgehead atoms. The lowest BCUT2D eigenvalue weighted by Crippen LogP contribution is -2.27. The number of benzene rings is 1.